The van der Waals surface area contributed by atoms with E-state index in [-0.39, 0.29) is 17.8 Å². The van der Waals surface area contributed by atoms with E-state index >= 15 is 0 Å². The molecule has 1 rings (SSSR count). The number of anilines is 1. The van der Waals surface area contributed by atoms with Crippen LogP contribution in [0, 0.1) is 5.92 Å². The summed E-state index contributed by atoms with van der Waals surface area (Å²) in [6.07, 6.45) is -3.22. The second-order valence-corrected chi connectivity index (χ2v) is 4.22. The van der Waals surface area contributed by atoms with Crippen LogP contribution >= 0.6 is 0 Å². The first-order valence-electron chi connectivity index (χ1n) is 5.33. The van der Waals surface area contributed by atoms with E-state index in [9.17, 15) is 13.2 Å². The van der Waals surface area contributed by atoms with E-state index in [2.05, 4.69) is 10.3 Å². The summed E-state index contributed by atoms with van der Waals surface area (Å²) in [5.74, 6) is 0.448. The Morgan fingerprint density at radius 2 is 2.06 bits per heavy atom. The fourth-order valence-electron chi connectivity index (χ4n) is 1.16. The fraction of sp³-hybridized carbons (Fsp3) is 0.545. The monoisotopic (exact) mass is 247 g/mol. The molecule has 1 unspecified atom stereocenters. The summed E-state index contributed by atoms with van der Waals surface area (Å²) in [6.45, 7) is 4.30. The van der Waals surface area contributed by atoms with Crippen molar-refractivity contribution in [3.8, 4) is 0 Å². The summed E-state index contributed by atoms with van der Waals surface area (Å²) >= 11 is 0. The largest absolute Gasteiger partial charge is 0.416 e. The third-order valence-corrected chi connectivity index (χ3v) is 2.46. The Labute approximate surface area is 98.2 Å². The van der Waals surface area contributed by atoms with Crippen molar-refractivity contribution in [1.82, 2.24) is 4.98 Å². The second kappa shape index (κ2) is 5.35. The van der Waals surface area contributed by atoms with Crippen LogP contribution in [0.2, 0.25) is 0 Å². The Morgan fingerprint density at radius 1 is 1.41 bits per heavy atom. The zero-order valence-electron chi connectivity index (χ0n) is 9.75. The van der Waals surface area contributed by atoms with Crippen molar-refractivity contribution in [3.63, 3.8) is 0 Å². The number of rotatable bonds is 4. The molecule has 1 atom stereocenters. The summed E-state index contributed by atoms with van der Waals surface area (Å²) in [7, 11) is 0. The van der Waals surface area contributed by atoms with Gasteiger partial charge in [-0.25, -0.2) is 4.98 Å². The molecular formula is C11H16F3N3. The summed E-state index contributed by atoms with van der Waals surface area (Å²) < 4.78 is 37.2. The SMILES string of the molecule is CC(C)C(N)CNc1cc(C(F)(F)F)ccn1. The minimum Gasteiger partial charge on any atom is -0.368 e. The van der Waals surface area contributed by atoms with Gasteiger partial charge in [0.2, 0.25) is 0 Å². The van der Waals surface area contributed by atoms with Crippen LogP contribution in [0.25, 0.3) is 0 Å². The molecule has 0 spiro atoms. The quantitative estimate of drug-likeness (QED) is 0.859. The lowest BCUT2D eigenvalue weighted by Gasteiger charge is -2.17. The number of pyridine rings is 1. The van der Waals surface area contributed by atoms with Gasteiger partial charge in [0.05, 0.1) is 5.56 Å². The van der Waals surface area contributed by atoms with E-state index in [1.54, 1.807) is 0 Å². The average molecular weight is 247 g/mol. The molecular weight excluding hydrogens is 231 g/mol. The summed E-state index contributed by atoms with van der Waals surface area (Å²) in [5, 5.41) is 2.80. The van der Waals surface area contributed by atoms with E-state index < -0.39 is 11.7 Å². The molecule has 1 aromatic heterocycles. The van der Waals surface area contributed by atoms with Crippen LogP contribution < -0.4 is 11.1 Å². The van der Waals surface area contributed by atoms with Gasteiger partial charge >= 0.3 is 6.18 Å². The van der Waals surface area contributed by atoms with E-state index in [1.165, 1.54) is 0 Å². The van der Waals surface area contributed by atoms with Crippen LogP contribution in [0.4, 0.5) is 19.0 Å². The van der Waals surface area contributed by atoms with Gasteiger partial charge in [-0.15, -0.1) is 0 Å². The highest BCUT2D eigenvalue weighted by Gasteiger charge is 2.30. The molecule has 0 fully saturated rings. The number of hydrogen-bond acceptors (Lipinski definition) is 3. The van der Waals surface area contributed by atoms with Gasteiger partial charge in [-0.2, -0.15) is 13.2 Å². The summed E-state index contributed by atoms with van der Waals surface area (Å²) in [5.41, 5.74) is 5.06. The molecule has 1 aromatic rings. The summed E-state index contributed by atoms with van der Waals surface area (Å²) in [4.78, 5) is 3.82. The number of halogens is 3. The Morgan fingerprint density at radius 3 is 2.59 bits per heavy atom. The number of alkyl halides is 3. The highest BCUT2D eigenvalue weighted by atomic mass is 19.4. The second-order valence-electron chi connectivity index (χ2n) is 4.22. The van der Waals surface area contributed by atoms with E-state index in [1.807, 2.05) is 13.8 Å². The van der Waals surface area contributed by atoms with Gasteiger partial charge in [0, 0.05) is 18.8 Å². The minimum atomic E-state index is -4.35. The lowest BCUT2D eigenvalue weighted by molar-refractivity contribution is -0.137. The first-order chi connectivity index (χ1) is 7.80. The van der Waals surface area contributed by atoms with Crippen LogP contribution in [0.1, 0.15) is 19.4 Å². The number of aromatic nitrogens is 1. The molecule has 0 aliphatic carbocycles. The predicted molar refractivity (Wildman–Crippen MR) is 60.5 cm³/mol. The zero-order chi connectivity index (χ0) is 13.1. The third kappa shape index (κ3) is 4.22. The smallest absolute Gasteiger partial charge is 0.368 e. The first kappa shape index (κ1) is 13.8. The van der Waals surface area contributed by atoms with Crippen molar-refractivity contribution in [2.75, 3.05) is 11.9 Å². The van der Waals surface area contributed by atoms with Gasteiger partial charge in [0.1, 0.15) is 5.82 Å². The molecule has 0 saturated carbocycles. The Kier molecular flexibility index (Phi) is 4.34. The lowest BCUT2D eigenvalue weighted by Crippen LogP contribution is -2.34. The van der Waals surface area contributed by atoms with Crippen molar-refractivity contribution >= 4 is 5.82 Å². The van der Waals surface area contributed by atoms with E-state index in [4.69, 9.17) is 5.73 Å². The number of nitrogens with two attached hydrogens (primary N) is 1. The van der Waals surface area contributed by atoms with Crippen LogP contribution in [-0.2, 0) is 6.18 Å². The number of hydrogen-bond donors (Lipinski definition) is 2. The molecule has 3 nitrogen and oxygen atoms in total. The van der Waals surface area contributed by atoms with Gasteiger partial charge in [-0.05, 0) is 18.1 Å². The highest BCUT2D eigenvalue weighted by Crippen LogP contribution is 2.29. The normalized spacial score (nSPS) is 13.8. The minimum absolute atomic E-state index is 0.119. The lowest BCUT2D eigenvalue weighted by atomic mass is 10.1. The summed E-state index contributed by atoms with van der Waals surface area (Å²) in [6, 6.07) is 1.80. The molecule has 0 aliphatic heterocycles. The number of nitrogens with zero attached hydrogens (tertiary/aromatic N) is 1. The van der Waals surface area contributed by atoms with Crippen LogP contribution in [0.15, 0.2) is 18.3 Å². The molecule has 3 N–H and O–H groups in total. The predicted octanol–water partition coefficient (Wildman–Crippen LogP) is 2.50. The van der Waals surface area contributed by atoms with Crippen LogP contribution in [0.5, 0.6) is 0 Å². The molecule has 0 saturated heterocycles. The molecule has 0 radical (unpaired) electrons. The van der Waals surface area contributed by atoms with Crippen molar-refractivity contribution < 1.29 is 13.2 Å². The molecule has 0 aromatic carbocycles. The molecule has 96 valence electrons. The maximum absolute atomic E-state index is 12.4. The zero-order valence-corrected chi connectivity index (χ0v) is 9.75. The number of nitrogens with one attached hydrogen (secondary N) is 1. The van der Waals surface area contributed by atoms with Crippen molar-refractivity contribution in [3.05, 3.63) is 23.9 Å². The molecule has 6 heteroatoms. The molecule has 0 bridgehead atoms. The maximum Gasteiger partial charge on any atom is 0.416 e. The van der Waals surface area contributed by atoms with Gasteiger partial charge in [-0.3, -0.25) is 0 Å². The Bertz CT molecular complexity index is 363. The highest BCUT2D eigenvalue weighted by molar-refractivity contribution is 5.38. The third-order valence-electron chi connectivity index (χ3n) is 2.46. The topological polar surface area (TPSA) is 50.9 Å². The standard InChI is InChI=1S/C11H16F3N3/c1-7(2)9(15)6-17-10-5-8(3-4-16-10)11(12,13)14/h3-5,7,9H,6,15H2,1-2H3,(H,16,17). The van der Waals surface area contributed by atoms with Gasteiger partial charge in [0.25, 0.3) is 0 Å². The average Bonchev–Trinajstić information content (AvgIpc) is 2.25. The van der Waals surface area contributed by atoms with Crippen molar-refractivity contribution in [2.45, 2.75) is 26.1 Å². The maximum atomic E-state index is 12.4. The van der Waals surface area contributed by atoms with Gasteiger partial charge in [-0.1, -0.05) is 13.8 Å². The van der Waals surface area contributed by atoms with Gasteiger partial charge < -0.3 is 11.1 Å². The fourth-order valence-corrected chi connectivity index (χ4v) is 1.16. The molecule has 1 heterocycles. The van der Waals surface area contributed by atoms with Gasteiger partial charge in [0.15, 0.2) is 0 Å². The Hall–Kier alpha value is -1.30. The molecule has 0 aliphatic rings. The van der Waals surface area contributed by atoms with Crippen LogP contribution in [0.3, 0.4) is 0 Å². The Balaban J connectivity index is 2.67. The van der Waals surface area contributed by atoms with E-state index in [0.717, 1.165) is 18.3 Å². The van der Waals surface area contributed by atoms with Crippen molar-refractivity contribution in [1.29, 1.82) is 0 Å². The molecule has 0 amide bonds. The van der Waals surface area contributed by atoms with E-state index in [0.29, 0.717) is 6.54 Å². The van der Waals surface area contributed by atoms with Crippen molar-refractivity contribution in [2.24, 2.45) is 11.7 Å². The molecule has 17 heavy (non-hydrogen) atoms. The van der Waals surface area contributed by atoms with Crippen LogP contribution in [-0.4, -0.2) is 17.6 Å². The first-order valence-corrected chi connectivity index (χ1v) is 5.33.